The van der Waals surface area contributed by atoms with Gasteiger partial charge in [0.2, 0.25) is 0 Å². The Morgan fingerprint density at radius 3 is 2.63 bits per heavy atom. The van der Waals surface area contributed by atoms with Gasteiger partial charge < -0.3 is 5.73 Å². The third-order valence-electron chi connectivity index (χ3n) is 3.05. The molecule has 3 heteroatoms. The van der Waals surface area contributed by atoms with Crippen molar-refractivity contribution in [2.75, 3.05) is 12.8 Å². The number of hydrogen-bond acceptors (Lipinski definition) is 2. The second kappa shape index (κ2) is 6.09. The second-order valence-electron chi connectivity index (χ2n) is 5.01. The zero-order valence-electron chi connectivity index (χ0n) is 11.4. The monoisotopic (exact) mass is 274 g/mol. The van der Waals surface area contributed by atoms with Gasteiger partial charge in [0.25, 0.3) is 0 Å². The zero-order valence-corrected chi connectivity index (χ0v) is 12.1. The largest absolute Gasteiger partial charge is 0.399 e. The van der Waals surface area contributed by atoms with E-state index in [-0.39, 0.29) is 0 Å². The van der Waals surface area contributed by atoms with E-state index in [0.717, 1.165) is 29.4 Å². The second-order valence-corrected chi connectivity index (χ2v) is 5.42. The maximum Gasteiger partial charge on any atom is 0.0452 e. The number of rotatable bonds is 4. The van der Waals surface area contributed by atoms with Gasteiger partial charge in [-0.15, -0.1) is 0 Å². The number of anilines is 1. The van der Waals surface area contributed by atoms with Gasteiger partial charge in [-0.1, -0.05) is 41.4 Å². The molecule has 0 aromatic heterocycles. The van der Waals surface area contributed by atoms with Gasteiger partial charge in [-0.05, 0) is 43.3 Å². The molecule has 0 fully saturated rings. The molecule has 0 aliphatic rings. The first-order valence-electron chi connectivity index (χ1n) is 6.32. The van der Waals surface area contributed by atoms with Crippen molar-refractivity contribution in [3.63, 3.8) is 0 Å². The van der Waals surface area contributed by atoms with E-state index in [1.807, 2.05) is 18.2 Å². The first kappa shape index (κ1) is 13.9. The highest BCUT2D eigenvalue weighted by atomic mass is 35.5. The lowest BCUT2D eigenvalue weighted by atomic mass is 10.1. The number of nitrogen functional groups attached to an aromatic ring is 1. The Hall–Kier alpha value is -1.51. The van der Waals surface area contributed by atoms with Crippen LogP contribution in [0.1, 0.15) is 16.7 Å². The van der Waals surface area contributed by atoms with Crippen LogP contribution >= 0.6 is 11.6 Å². The lowest BCUT2D eigenvalue weighted by molar-refractivity contribution is 0.319. The summed E-state index contributed by atoms with van der Waals surface area (Å²) < 4.78 is 0. The third kappa shape index (κ3) is 3.98. The molecule has 100 valence electrons. The summed E-state index contributed by atoms with van der Waals surface area (Å²) in [7, 11) is 2.09. The van der Waals surface area contributed by atoms with Gasteiger partial charge in [0.1, 0.15) is 0 Å². The molecule has 2 rings (SSSR count). The molecule has 0 aliphatic heterocycles. The molecule has 0 radical (unpaired) electrons. The summed E-state index contributed by atoms with van der Waals surface area (Å²) in [5, 5.41) is 0.769. The molecule has 0 saturated heterocycles. The molecule has 2 nitrogen and oxygen atoms in total. The van der Waals surface area contributed by atoms with Gasteiger partial charge in [0, 0.05) is 23.8 Å². The summed E-state index contributed by atoms with van der Waals surface area (Å²) in [4.78, 5) is 2.23. The van der Waals surface area contributed by atoms with Gasteiger partial charge in [-0.25, -0.2) is 0 Å². The highest BCUT2D eigenvalue weighted by molar-refractivity contribution is 6.31. The van der Waals surface area contributed by atoms with Crippen molar-refractivity contribution in [3.05, 3.63) is 64.2 Å². The number of nitrogens with two attached hydrogens (primary N) is 1. The Morgan fingerprint density at radius 2 is 1.89 bits per heavy atom. The molecule has 19 heavy (non-hydrogen) atoms. The molecule has 2 N–H and O–H groups in total. The van der Waals surface area contributed by atoms with E-state index < -0.39 is 0 Å². The Morgan fingerprint density at radius 1 is 1.11 bits per heavy atom. The summed E-state index contributed by atoms with van der Waals surface area (Å²) in [5.41, 5.74) is 10.2. The van der Waals surface area contributed by atoms with E-state index in [1.165, 1.54) is 11.1 Å². The van der Waals surface area contributed by atoms with E-state index in [0.29, 0.717) is 0 Å². The Bertz CT molecular complexity index is 566. The Labute approximate surface area is 119 Å². The first-order valence-corrected chi connectivity index (χ1v) is 6.70. The van der Waals surface area contributed by atoms with Crippen LogP contribution in [0.4, 0.5) is 5.69 Å². The van der Waals surface area contributed by atoms with Gasteiger partial charge >= 0.3 is 0 Å². The Balaban J connectivity index is 2.05. The average Bonchev–Trinajstić information content (AvgIpc) is 2.34. The number of halogens is 1. The lowest BCUT2D eigenvalue weighted by Gasteiger charge is -2.18. The van der Waals surface area contributed by atoms with E-state index >= 15 is 0 Å². The zero-order chi connectivity index (χ0) is 13.8. The number of benzene rings is 2. The minimum Gasteiger partial charge on any atom is -0.399 e. The van der Waals surface area contributed by atoms with E-state index in [2.05, 4.69) is 43.1 Å². The smallest absolute Gasteiger partial charge is 0.0452 e. The van der Waals surface area contributed by atoms with Crippen molar-refractivity contribution in [1.29, 1.82) is 0 Å². The molecule has 2 aromatic carbocycles. The maximum atomic E-state index is 6.19. The molecular weight excluding hydrogens is 256 g/mol. The Kier molecular flexibility index (Phi) is 4.46. The molecule has 0 spiro atoms. The number of nitrogens with zero attached hydrogens (tertiary/aromatic N) is 1. The summed E-state index contributed by atoms with van der Waals surface area (Å²) in [6, 6.07) is 14.2. The van der Waals surface area contributed by atoms with Crippen LogP contribution < -0.4 is 5.73 Å². The molecule has 0 bridgehead atoms. The third-order valence-corrected chi connectivity index (χ3v) is 3.41. The topological polar surface area (TPSA) is 29.3 Å². The van der Waals surface area contributed by atoms with Crippen LogP contribution in [-0.4, -0.2) is 11.9 Å². The highest BCUT2D eigenvalue weighted by Crippen LogP contribution is 2.20. The SMILES string of the molecule is Cc1cccc(CN(C)Cc2cc(N)ccc2Cl)c1. The summed E-state index contributed by atoms with van der Waals surface area (Å²) >= 11 is 6.19. The van der Waals surface area contributed by atoms with Crippen LogP contribution in [0.15, 0.2) is 42.5 Å². The predicted octanol–water partition coefficient (Wildman–Crippen LogP) is 3.86. The molecular formula is C16H19ClN2. The quantitative estimate of drug-likeness (QED) is 0.858. The molecule has 0 heterocycles. The predicted molar refractivity (Wildman–Crippen MR) is 82.2 cm³/mol. The van der Waals surface area contributed by atoms with Crippen molar-refractivity contribution >= 4 is 17.3 Å². The van der Waals surface area contributed by atoms with Gasteiger partial charge in [-0.2, -0.15) is 0 Å². The fourth-order valence-electron chi connectivity index (χ4n) is 2.18. The lowest BCUT2D eigenvalue weighted by Crippen LogP contribution is -2.17. The molecule has 0 atom stereocenters. The molecule has 2 aromatic rings. The van der Waals surface area contributed by atoms with Gasteiger partial charge in [0.05, 0.1) is 0 Å². The van der Waals surface area contributed by atoms with Crippen LogP contribution in [0.2, 0.25) is 5.02 Å². The summed E-state index contributed by atoms with van der Waals surface area (Å²) in [6.07, 6.45) is 0. The standard InChI is InChI=1S/C16H19ClN2/c1-12-4-3-5-13(8-12)10-19(2)11-14-9-15(18)6-7-16(14)17/h3-9H,10-11,18H2,1-2H3. The van der Waals surface area contributed by atoms with Crippen LogP contribution in [0.25, 0.3) is 0 Å². The molecule has 0 aliphatic carbocycles. The van der Waals surface area contributed by atoms with Crippen molar-refractivity contribution in [2.45, 2.75) is 20.0 Å². The molecule has 0 unspecified atom stereocenters. The fourth-order valence-corrected chi connectivity index (χ4v) is 2.36. The van der Waals surface area contributed by atoms with Crippen molar-refractivity contribution in [3.8, 4) is 0 Å². The van der Waals surface area contributed by atoms with Gasteiger partial charge in [-0.3, -0.25) is 4.90 Å². The van der Waals surface area contributed by atoms with E-state index in [1.54, 1.807) is 0 Å². The minimum absolute atomic E-state index is 0.753. The first-order chi connectivity index (χ1) is 9.04. The van der Waals surface area contributed by atoms with Crippen LogP contribution in [0.5, 0.6) is 0 Å². The van der Waals surface area contributed by atoms with Crippen LogP contribution in [0, 0.1) is 6.92 Å². The van der Waals surface area contributed by atoms with Crippen molar-refractivity contribution in [2.24, 2.45) is 0 Å². The minimum atomic E-state index is 0.753. The van der Waals surface area contributed by atoms with Crippen molar-refractivity contribution < 1.29 is 0 Å². The number of aryl methyl sites for hydroxylation is 1. The maximum absolute atomic E-state index is 6.19. The highest BCUT2D eigenvalue weighted by Gasteiger charge is 2.06. The van der Waals surface area contributed by atoms with Crippen LogP contribution in [-0.2, 0) is 13.1 Å². The number of hydrogen-bond donors (Lipinski definition) is 1. The van der Waals surface area contributed by atoms with Crippen molar-refractivity contribution in [1.82, 2.24) is 4.90 Å². The normalized spacial score (nSPS) is 10.9. The fraction of sp³-hybridized carbons (Fsp3) is 0.250. The van der Waals surface area contributed by atoms with E-state index in [4.69, 9.17) is 17.3 Å². The molecule has 0 saturated carbocycles. The van der Waals surface area contributed by atoms with Crippen LogP contribution in [0.3, 0.4) is 0 Å². The molecule has 0 amide bonds. The van der Waals surface area contributed by atoms with Gasteiger partial charge in [0.15, 0.2) is 0 Å². The van der Waals surface area contributed by atoms with E-state index in [9.17, 15) is 0 Å². The summed E-state index contributed by atoms with van der Waals surface area (Å²) in [6.45, 7) is 3.79. The average molecular weight is 275 g/mol. The summed E-state index contributed by atoms with van der Waals surface area (Å²) in [5.74, 6) is 0.